The van der Waals surface area contributed by atoms with Crippen LogP contribution in [0.5, 0.6) is 0 Å². The van der Waals surface area contributed by atoms with Crippen molar-refractivity contribution in [3.05, 3.63) is 0 Å². The lowest BCUT2D eigenvalue weighted by Gasteiger charge is -2.37. The van der Waals surface area contributed by atoms with Crippen molar-refractivity contribution >= 4 is 27.7 Å². The minimum absolute atomic E-state index is 0.0811. The van der Waals surface area contributed by atoms with Crippen LogP contribution in [0.2, 0.25) is 0 Å². The molecule has 0 saturated carbocycles. The van der Waals surface area contributed by atoms with Gasteiger partial charge in [-0.3, -0.25) is 9.59 Å². The summed E-state index contributed by atoms with van der Waals surface area (Å²) in [6.07, 6.45) is 0.872. The van der Waals surface area contributed by atoms with Crippen molar-refractivity contribution in [1.82, 2.24) is 10.2 Å². The lowest BCUT2D eigenvalue weighted by Crippen LogP contribution is -2.58. The smallest absolute Gasteiger partial charge is 0.245 e. The predicted octanol–water partition coefficient (Wildman–Crippen LogP) is 0.913. The Kier molecular flexibility index (Phi) is 5.59. The number of carbonyl (C=O) groups excluding carboxylic acids is 2. The SMILES string of the molecule is CCCNC(=O)C1COCCN1C(=O)C(C)(C)Br. The zero-order valence-corrected chi connectivity index (χ0v) is 12.7. The van der Waals surface area contributed by atoms with Gasteiger partial charge >= 0.3 is 0 Å². The quantitative estimate of drug-likeness (QED) is 0.783. The van der Waals surface area contributed by atoms with E-state index >= 15 is 0 Å². The highest BCUT2D eigenvalue weighted by Gasteiger charge is 2.38. The number of ether oxygens (including phenoxy) is 1. The molecule has 0 radical (unpaired) electrons. The molecule has 0 aliphatic carbocycles. The van der Waals surface area contributed by atoms with Crippen molar-refractivity contribution in [2.75, 3.05) is 26.3 Å². The largest absolute Gasteiger partial charge is 0.377 e. The molecule has 1 aliphatic heterocycles. The first-order valence-electron chi connectivity index (χ1n) is 6.23. The number of morpholine rings is 1. The van der Waals surface area contributed by atoms with Gasteiger partial charge in [0.05, 0.1) is 17.5 Å². The fourth-order valence-electron chi connectivity index (χ4n) is 1.77. The fourth-order valence-corrected chi connectivity index (χ4v) is 2.00. The number of nitrogens with zero attached hydrogens (tertiary/aromatic N) is 1. The maximum Gasteiger partial charge on any atom is 0.245 e. The van der Waals surface area contributed by atoms with Crippen molar-refractivity contribution in [3.63, 3.8) is 0 Å². The van der Waals surface area contributed by atoms with Crippen LogP contribution in [0.4, 0.5) is 0 Å². The van der Waals surface area contributed by atoms with Crippen molar-refractivity contribution in [2.24, 2.45) is 0 Å². The van der Waals surface area contributed by atoms with Gasteiger partial charge in [-0.05, 0) is 20.3 Å². The van der Waals surface area contributed by atoms with E-state index < -0.39 is 10.4 Å². The van der Waals surface area contributed by atoms with Crippen LogP contribution in [-0.4, -0.2) is 53.4 Å². The summed E-state index contributed by atoms with van der Waals surface area (Å²) in [5.41, 5.74) is 0. The minimum atomic E-state index is -0.659. The zero-order chi connectivity index (χ0) is 13.8. The molecule has 1 saturated heterocycles. The summed E-state index contributed by atoms with van der Waals surface area (Å²) in [7, 11) is 0. The molecule has 0 aromatic heterocycles. The van der Waals surface area contributed by atoms with E-state index in [1.165, 1.54) is 0 Å². The lowest BCUT2D eigenvalue weighted by atomic mass is 10.1. The summed E-state index contributed by atoms with van der Waals surface area (Å²) < 4.78 is 4.65. The third-order valence-electron chi connectivity index (χ3n) is 2.75. The van der Waals surface area contributed by atoms with Crippen molar-refractivity contribution < 1.29 is 14.3 Å². The van der Waals surface area contributed by atoms with E-state index in [1.807, 2.05) is 6.92 Å². The number of hydrogen-bond acceptors (Lipinski definition) is 3. The first-order chi connectivity index (χ1) is 8.38. The molecule has 1 rings (SSSR count). The van der Waals surface area contributed by atoms with Gasteiger partial charge in [-0.1, -0.05) is 22.9 Å². The molecule has 0 aromatic rings. The van der Waals surface area contributed by atoms with Gasteiger partial charge in [0.1, 0.15) is 6.04 Å². The monoisotopic (exact) mass is 320 g/mol. The normalized spacial score (nSPS) is 20.7. The van der Waals surface area contributed by atoms with Gasteiger partial charge in [0.15, 0.2) is 0 Å². The van der Waals surface area contributed by atoms with E-state index in [-0.39, 0.29) is 18.4 Å². The Bertz CT molecular complexity index is 315. The number of amides is 2. The van der Waals surface area contributed by atoms with Gasteiger partial charge in [0.2, 0.25) is 11.8 Å². The number of nitrogens with one attached hydrogen (secondary N) is 1. The molecule has 1 unspecified atom stereocenters. The summed E-state index contributed by atoms with van der Waals surface area (Å²) in [4.78, 5) is 25.9. The molecular formula is C12H21BrN2O3. The Morgan fingerprint density at radius 1 is 1.50 bits per heavy atom. The van der Waals surface area contributed by atoms with Gasteiger partial charge in [0, 0.05) is 13.1 Å². The van der Waals surface area contributed by atoms with E-state index in [9.17, 15) is 9.59 Å². The molecule has 1 atom stereocenters. The van der Waals surface area contributed by atoms with Gasteiger partial charge in [-0.25, -0.2) is 0 Å². The van der Waals surface area contributed by atoms with Crippen molar-refractivity contribution in [2.45, 2.75) is 37.6 Å². The lowest BCUT2D eigenvalue weighted by molar-refractivity contribution is -0.149. The first kappa shape index (κ1) is 15.4. The molecule has 0 bridgehead atoms. The van der Waals surface area contributed by atoms with Crippen LogP contribution in [0.25, 0.3) is 0 Å². The number of hydrogen-bond donors (Lipinski definition) is 1. The highest BCUT2D eigenvalue weighted by molar-refractivity contribution is 9.10. The maximum atomic E-state index is 12.3. The molecule has 1 fully saturated rings. The highest BCUT2D eigenvalue weighted by Crippen LogP contribution is 2.22. The van der Waals surface area contributed by atoms with Gasteiger partial charge in [-0.15, -0.1) is 0 Å². The number of carbonyl (C=O) groups is 2. The van der Waals surface area contributed by atoms with E-state index in [2.05, 4.69) is 21.2 Å². The van der Waals surface area contributed by atoms with E-state index in [1.54, 1.807) is 18.7 Å². The molecule has 2 amide bonds. The third-order valence-corrected chi connectivity index (χ3v) is 3.09. The Balaban J connectivity index is 2.74. The second-order valence-electron chi connectivity index (χ2n) is 4.85. The molecule has 18 heavy (non-hydrogen) atoms. The third kappa shape index (κ3) is 3.95. The summed E-state index contributed by atoms with van der Waals surface area (Å²) in [6.45, 7) is 7.38. The molecule has 104 valence electrons. The number of rotatable bonds is 4. The van der Waals surface area contributed by atoms with E-state index in [4.69, 9.17) is 4.74 Å². The van der Waals surface area contributed by atoms with Crippen LogP contribution in [-0.2, 0) is 14.3 Å². The molecule has 6 heteroatoms. The molecule has 1 aliphatic rings. The summed E-state index contributed by atoms with van der Waals surface area (Å²) in [5, 5.41) is 2.81. The van der Waals surface area contributed by atoms with Crippen molar-refractivity contribution in [1.29, 1.82) is 0 Å². The number of halogens is 1. The number of alkyl halides is 1. The average molecular weight is 321 g/mol. The zero-order valence-electron chi connectivity index (χ0n) is 11.2. The molecule has 0 spiro atoms. The van der Waals surface area contributed by atoms with Crippen molar-refractivity contribution in [3.8, 4) is 0 Å². The van der Waals surface area contributed by atoms with Gasteiger partial charge < -0.3 is 15.0 Å². The second-order valence-corrected chi connectivity index (χ2v) is 6.84. The fraction of sp³-hybridized carbons (Fsp3) is 0.833. The summed E-state index contributed by atoms with van der Waals surface area (Å²) >= 11 is 3.35. The summed E-state index contributed by atoms with van der Waals surface area (Å²) in [5.74, 6) is -0.218. The van der Waals surface area contributed by atoms with Crippen LogP contribution >= 0.6 is 15.9 Å². The minimum Gasteiger partial charge on any atom is -0.377 e. The molecule has 1 N–H and O–H groups in total. The standard InChI is InChI=1S/C12H21BrN2O3/c1-4-5-14-10(16)9-8-18-7-6-15(9)11(17)12(2,3)13/h9H,4-8H2,1-3H3,(H,14,16). The Labute approximate surface area is 116 Å². The van der Waals surface area contributed by atoms with E-state index in [0.29, 0.717) is 19.7 Å². The maximum absolute atomic E-state index is 12.3. The van der Waals surface area contributed by atoms with Crippen LogP contribution in [0.15, 0.2) is 0 Å². The Morgan fingerprint density at radius 2 is 2.17 bits per heavy atom. The summed E-state index contributed by atoms with van der Waals surface area (Å²) in [6, 6.07) is -0.519. The predicted molar refractivity (Wildman–Crippen MR) is 72.6 cm³/mol. The molecule has 1 heterocycles. The average Bonchev–Trinajstić information content (AvgIpc) is 2.34. The first-order valence-corrected chi connectivity index (χ1v) is 7.02. The van der Waals surface area contributed by atoms with Crippen LogP contribution in [0, 0.1) is 0 Å². The molecule has 5 nitrogen and oxygen atoms in total. The molecular weight excluding hydrogens is 300 g/mol. The van der Waals surface area contributed by atoms with Crippen LogP contribution in [0.1, 0.15) is 27.2 Å². The van der Waals surface area contributed by atoms with Crippen LogP contribution < -0.4 is 5.32 Å². The van der Waals surface area contributed by atoms with Gasteiger partial charge in [-0.2, -0.15) is 0 Å². The topological polar surface area (TPSA) is 58.6 Å². The van der Waals surface area contributed by atoms with E-state index in [0.717, 1.165) is 6.42 Å². The van der Waals surface area contributed by atoms with Crippen LogP contribution in [0.3, 0.4) is 0 Å². The Hall–Kier alpha value is -0.620. The Morgan fingerprint density at radius 3 is 2.72 bits per heavy atom. The van der Waals surface area contributed by atoms with Gasteiger partial charge in [0.25, 0.3) is 0 Å². The molecule has 0 aromatic carbocycles. The highest BCUT2D eigenvalue weighted by atomic mass is 79.9. The second kappa shape index (κ2) is 6.52.